The normalized spacial score (nSPS) is 18.2. The number of halogens is 6. The fraction of sp³-hybridized carbons (Fsp3) is 0.367. The summed E-state index contributed by atoms with van der Waals surface area (Å²) in [6.07, 6.45) is -4.67. The SMILES string of the molecule is CC(=O)NC1(C[C@H]2CN(S(=O)(=O)c3cccc(C(F)(F)F)c3)c3cc(-c4cc(F)cc(OC(F)F)c4)ccc3O2)CCOCC1. The Labute approximate surface area is 254 Å². The second kappa shape index (κ2) is 12.4. The van der Waals surface area contributed by atoms with Crippen LogP contribution in [0, 0.1) is 5.82 Å². The highest BCUT2D eigenvalue weighted by molar-refractivity contribution is 7.92. The molecule has 0 aliphatic carbocycles. The minimum Gasteiger partial charge on any atom is -0.486 e. The van der Waals surface area contributed by atoms with Crippen molar-refractivity contribution < 1.29 is 53.8 Å². The number of hydrogen-bond acceptors (Lipinski definition) is 6. The number of nitrogens with one attached hydrogen (secondary N) is 1. The molecule has 0 bridgehead atoms. The summed E-state index contributed by atoms with van der Waals surface area (Å²) in [7, 11) is -4.66. The first kappa shape index (κ1) is 32.4. The average Bonchev–Trinajstić information content (AvgIpc) is 2.95. The van der Waals surface area contributed by atoms with Gasteiger partial charge < -0.3 is 19.5 Å². The van der Waals surface area contributed by atoms with Gasteiger partial charge in [-0.25, -0.2) is 12.8 Å². The molecule has 0 aromatic heterocycles. The fourth-order valence-electron chi connectivity index (χ4n) is 5.64. The summed E-state index contributed by atoms with van der Waals surface area (Å²) >= 11 is 0. The predicted molar refractivity (Wildman–Crippen MR) is 150 cm³/mol. The van der Waals surface area contributed by atoms with Gasteiger partial charge in [0.1, 0.15) is 23.4 Å². The molecule has 0 radical (unpaired) electrons. The second-order valence-electron chi connectivity index (χ2n) is 10.8. The number of hydrogen-bond donors (Lipinski definition) is 1. The third kappa shape index (κ3) is 7.30. The molecule has 1 N–H and O–H groups in total. The summed E-state index contributed by atoms with van der Waals surface area (Å²) in [5, 5.41) is 2.94. The quantitative estimate of drug-likeness (QED) is 0.292. The van der Waals surface area contributed by atoms with Crippen molar-refractivity contribution >= 4 is 21.6 Å². The van der Waals surface area contributed by atoms with Gasteiger partial charge in [-0.1, -0.05) is 12.1 Å². The Kier molecular flexibility index (Phi) is 8.95. The van der Waals surface area contributed by atoms with Gasteiger partial charge in [0.2, 0.25) is 5.91 Å². The lowest BCUT2D eigenvalue weighted by molar-refractivity contribution is -0.137. The molecule has 2 heterocycles. The van der Waals surface area contributed by atoms with Crippen molar-refractivity contribution in [3.63, 3.8) is 0 Å². The molecule has 8 nitrogen and oxygen atoms in total. The van der Waals surface area contributed by atoms with Crippen molar-refractivity contribution in [2.75, 3.05) is 24.1 Å². The van der Waals surface area contributed by atoms with E-state index in [2.05, 4.69) is 10.1 Å². The van der Waals surface area contributed by atoms with Crippen molar-refractivity contribution in [2.45, 2.75) is 55.5 Å². The first-order valence-corrected chi connectivity index (χ1v) is 15.2. The molecule has 1 saturated heterocycles. The lowest BCUT2D eigenvalue weighted by atomic mass is 9.84. The number of carbonyl (C=O) groups is 1. The van der Waals surface area contributed by atoms with E-state index < -0.39 is 56.5 Å². The number of alkyl halides is 5. The number of rotatable bonds is 8. The lowest BCUT2D eigenvalue weighted by Gasteiger charge is -2.43. The Morgan fingerprint density at radius 2 is 1.80 bits per heavy atom. The van der Waals surface area contributed by atoms with Gasteiger partial charge in [-0.05, 0) is 66.4 Å². The van der Waals surface area contributed by atoms with Gasteiger partial charge in [-0.3, -0.25) is 9.10 Å². The predicted octanol–water partition coefficient (Wildman–Crippen LogP) is 6.14. The summed E-state index contributed by atoms with van der Waals surface area (Å²) in [6, 6.07) is 10.4. The van der Waals surface area contributed by atoms with Crippen molar-refractivity contribution in [3.05, 3.63) is 72.0 Å². The molecule has 1 atom stereocenters. The van der Waals surface area contributed by atoms with Crippen molar-refractivity contribution in [3.8, 4) is 22.6 Å². The molecule has 1 amide bonds. The van der Waals surface area contributed by atoms with E-state index in [1.807, 2.05) is 0 Å². The maximum absolute atomic E-state index is 14.3. The van der Waals surface area contributed by atoms with Crippen molar-refractivity contribution in [1.29, 1.82) is 0 Å². The van der Waals surface area contributed by atoms with Crippen LogP contribution in [0.5, 0.6) is 11.5 Å². The summed E-state index contributed by atoms with van der Waals surface area (Å²) in [5.74, 6) is -1.62. The van der Waals surface area contributed by atoms with Gasteiger partial charge in [-0.2, -0.15) is 22.0 Å². The Balaban J connectivity index is 1.59. The molecule has 2 aliphatic heterocycles. The Morgan fingerprint density at radius 3 is 2.47 bits per heavy atom. The van der Waals surface area contributed by atoms with Crippen molar-refractivity contribution in [1.82, 2.24) is 5.32 Å². The smallest absolute Gasteiger partial charge is 0.416 e. The molecule has 0 spiro atoms. The molecular formula is C30H28F6N2O6S. The van der Waals surface area contributed by atoms with Gasteiger partial charge in [0, 0.05) is 38.2 Å². The van der Waals surface area contributed by atoms with Crippen LogP contribution in [0.3, 0.4) is 0 Å². The van der Waals surface area contributed by atoms with E-state index in [0.29, 0.717) is 32.1 Å². The summed E-state index contributed by atoms with van der Waals surface area (Å²) < 4.78 is 126. The fourth-order valence-corrected chi connectivity index (χ4v) is 7.18. The van der Waals surface area contributed by atoms with Crippen LogP contribution in [-0.4, -0.2) is 52.3 Å². The number of sulfonamides is 1. The van der Waals surface area contributed by atoms with Crippen LogP contribution in [0.2, 0.25) is 0 Å². The van der Waals surface area contributed by atoms with E-state index in [1.165, 1.54) is 25.1 Å². The molecule has 242 valence electrons. The molecule has 45 heavy (non-hydrogen) atoms. The number of anilines is 1. The number of benzene rings is 3. The van der Waals surface area contributed by atoms with Crippen LogP contribution in [-0.2, 0) is 25.7 Å². The average molecular weight is 659 g/mol. The van der Waals surface area contributed by atoms with E-state index >= 15 is 0 Å². The molecule has 0 unspecified atom stereocenters. The van der Waals surface area contributed by atoms with E-state index in [0.717, 1.165) is 40.7 Å². The Hall–Kier alpha value is -3.98. The largest absolute Gasteiger partial charge is 0.486 e. The molecule has 0 saturated carbocycles. The summed E-state index contributed by atoms with van der Waals surface area (Å²) in [6.45, 7) is -1.54. The number of carbonyl (C=O) groups excluding carboxylic acids is 1. The van der Waals surface area contributed by atoms with Crippen LogP contribution in [0.25, 0.3) is 11.1 Å². The summed E-state index contributed by atoms with van der Waals surface area (Å²) in [4.78, 5) is 11.5. The van der Waals surface area contributed by atoms with E-state index in [1.54, 1.807) is 0 Å². The lowest BCUT2D eigenvalue weighted by Crippen LogP contribution is -2.56. The van der Waals surface area contributed by atoms with Gasteiger partial charge >= 0.3 is 12.8 Å². The van der Waals surface area contributed by atoms with Gasteiger partial charge in [0.15, 0.2) is 0 Å². The molecule has 5 rings (SSSR count). The highest BCUT2D eigenvalue weighted by Crippen LogP contribution is 2.43. The monoisotopic (exact) mass is 658 g/mol. The second-order valence-corrected chi connectivity index (χ2v) is 12.7. The highest BCUT2D eigenvalue weighted by Gasteiger charge is 2.42. The standard InChI is InChI=1S/C30H28F6N2O6S/c1-18(39)37-29(7-9-42-10-8-29)16-24-17-38(45(40,41)25-4-2-3-21(14-25)30(34,35)36)26-13-19(5-6-27(26)43-24)20-11-22(31)15-23(12-20)44-28(32)33/h2-6,11-15,24,28H,7-10,16-17H2,1H3,(H,37,39)/t24-/m0/s1. The minimum atomic E-state index is -4.81. The van der Waals surface area contributed by atoms with Gasteiger partial charge in [0.25, 0.3) is 10.0 Å². The number of nitrogens with zero attached hydrogens (tertiary/aromatic N) is 1. The topological polar surface area (TPSA) is 94.2 Å². The molecule has 3 aromatic carbocycles. The van der Waals surface area contributed by atoms with Crippen LogP contribution < -0.4 is 19.1 Å². The number of fused-ring (bicyclic) bond motifs is 1. The zero-order valence-corrected chi connectivity index (χ0v) is 24.6. The summed E-state index contributed by atoms with van der Waals surface area (Å²) in [5.41, 5.74) is -1.76. The van der Waals surface area contributed by atoms with Crippen LogP contribution >= 0.6 is 0 Å². The van der Waals surface area contributed by atoms with Crippen LogP contribution in [0.1, 0.15) is 31.7 Å². The van der Waals surface area contributed by atoms with E-state index in [4.69, 9.17) is 9.47 Å². The number of ether oxygens (including phenoxy) is 3. The van der Waals surface area contributed by atoms with E-state index in [9.17, 15) is 39.6 Å². The third-order valence-electron chi connectivity index (χ3n) is 7.58. The molecule has 15 heteroatoms. The first-order valence-electron chi connectivity index (χ1n) is 13.8. The molecule has 3 aromatic rings. The molecule has 1 fully saturated rings. The first-order chi connectivity index (χ1) is 21.1. The maximum atomic E-state index is 14.3. The Bertz CT molecular complexity index is 1680. The minimum absolute atomic E-state index is 0.0519. The molecular weight excluding hydrogens is 630 g/mol. The zero-order valence-electron chi connectivity index (χ0n) is 23.7. The highest BCUT2D eigenvalue weighted by atomic mass is 32.2. The maximum Gasteiger partial charge on any atom is 0.416 e. The molecule has 2 aliphatic rings. The Morgan fingerprint density at radius 1 is 1.07 bits per heavy atom. The zero-order chi connectivity index (χ0) is 32.6. The number of amides is 1. The van der Waals surface area contributed by atoms with E-state index in [-0.39, 0.29) is 41.4 Å². The van der Waals surface area contributed by atoms with Crippen molar-refractivity contribution in [2.24, 2.45) is 0 Å². The van der Waals surface area contributed by atoms with Gasteiger partial charge in [0.05, 0.1) is 22.7 Å². The van der Waals surface area contributed by atoms with Gasteiger partial charge in [-0.15, -0.1) is 0 Å². The van der Waals surface area contributed by atoms with Crippen LogP contribution in [0.15, 0.2) is 65.6 Å². The third-order valence-corrected chi connectivity index (χ3v) is 9.36. The van der Waals surface area contributed by atoms with Crippen LogP contribution in [0.4, 0.5) is 32.0 Å².